The minimum absolute atomic E-state index is 0.00619. The van der Waals surface area contributed by atoms with Gasteiger partial charge in [0.25, 0.3) is 17.4 Å². The highest BCUT2D eigenvalue weighted by atomic mass is 32.1. The fourth-order valence-electron chi connectivity index (χ4n) is 3.19. The third-order valence-corrected chi connectivity index (χ3v) is 5.44. The van der Waals surface area contributed by atoms with Gasteiger partial charge in [-0.05, 0) is 53.8 Å². The maximum atomic E-state index is 12.6. The molecular weight excluding hydrogens is 362 g/mol. The quantitative estimate of drug-likeness (QED) is 0.761. The fourth-order valence-corrected chi connectivity index (χ4v) is 3.86. The summed E-state index contributed by atoms with van der Waals surface area (Å²) in [4.78, 5) is 39.6. The number of anilines is 2. The summed E-state index contributed by atoms with van der Waals surface area (Å²) in [6.07, 6.45) is 2.33. The van der Waals surface area contributed by atoms with Gasteiger partial charge in [0, 0.05) is 31.2 Å². The molecule has 4 rings (SSSR count). The largest absolute Gasteiger partial charge is 0.322 e. The minimum Gasteiger partial charge on any atom is -0.322 e. The Kier molecular flexibility index (Phi) is 4.37. The molecule has 136 valence electrons. The lowest BCUT2D eigenvalue weighted by atomic mass is 10.1. The summed E-state index contributed by atoms with van der Waals surface area (Å²) >= 11 is 1.42. The summed E-state index contributed by atoms with van der Waals surface area (Å²) in [6, 6.07) is 12.3. The average Bonchev–Trinajstić information content (AvgIpc) is 3.33. The minimum atomic E-state index is -0.444. The van der Waals surface area contributed by atoms with Crippen LogP contribution in [0.2, 0.25) is 0 Å². The van der Waals surface area contributed by atoms with Gasteiger partial charge in [0.2, 0.25) is 0 Å². The standard InChI is InChI=1S/C20H17N3O3S/c1-22-9-2-4-15(19(22)25)18(24)21-14-6-7-16-13(12-14)8-10-23(16)20(26)17-5-3-11-27-17/h2-7,9,11-12H,8,10H2,1H3,(H,21,24). The number of aromatic nitrogens is 1. The van der Waals surface area contributed by atoms with Crippen LogP contribution in [0.15, 0.2) is 58.8 Å². The fraction of sp³-hybridized carbons (Fsp3) is 0.150. The number of nitrogens with zero attached hydrogens (tertiary/aromatic N) is 2. The summed E-state index contributed by atoms with van der Waals surface area (Å²) in [7, 11) is 1.60. The number of aryl methyl sites for hydroxylation is 1. The van der Waals surface area contributed by atoms with Crippen LogP contribution in [0.25, 0.3) is 0 Å². The van der Waals surface area contributed by atoms with Crippen LogP contribution in [0, 0.1) is 0 Å². The van der Waals surface area contributed by atoms with Gasteiger partial charge in [-0.1, -0.05) is 6.07 Å². The van der Waals surface area contributed by atoms with Gasteiger partial charge in [-0.25, -0.2) is 0 Å². The topological polar surface area (TPSA) is 71.4 Å². The highest BCUT2D eigenvalue weighted by Gasteiger charge is 2.26. The van der Waals surface area contributed by atoms with Crippen molar-refractivity contribution in [1.82, 2.24) is 4.57 Å². The second-order valence-corrected chi connectivity index (χ2v) is 7.27. The molecule has 2 aromatic heterocycles. The first-order chi connectivity index (χ1) is 13.0. The number of rotatable bonds is 3. The van der Waals surface area contributed by atoms with Gasteiger partial charge >= 0.3 is 0 Å². The van der Waals surface area contributed by atoms with Crippen molar-refractivity contribution in [2.75, 3.05) is 16.8 Å². The van der Waals surface area contributed by atoms with Gasteiger partial charge in [0.1, 0.15) is 5.56 Å². The van der Waals surface area contributed by atoms with E-state index in [0.29, 0.717) is 17.1 Å². The molecule has 0 spiro atoms. The zero-order valence-corrected chi connectivity index (χ0v) is 15.5. The van der Waals surface area contributed by atoms with E-state index in [1.807, 2.05) is 29.6 Å². The number of carbonyl (C=O) groups excluding carboxylic acids is 2. The zero-order valence-electron chi connectivity index (χ0n) is 14.6. The molecule has 0 unspecified atom stereocenters. The number of nitrogens with one attached hydrogen (secondary N) is 1. The molecule has 1 N–H and O–H groups in total. The predicted molar refractivity (Wildman–Crippen MR) is 106 cm³/mol. The van der Waals surface area contributed by atoms with Gasteiger partial charge in [-0.15, -0.1) is 11.3 Å². The molecule has 1 aliphatic rings. The third kappa shape index (κ3) is 3.17. The molecule has 0 atom stereocenters. The molecule has 0 bridgehead atoms. The van der Waals surface area contributed by atoms with Crippen molar-refractivity contribution in [2.45, 2.75) is 6.42 Å². The molecule has 1 aromatic carbocycles. The molecule has 0 radical (unpaired) electrons. The Hall–Kier alpha value is -3.19. The van der Waals surface area contributed by atoms with Crippen LogP contribution >= 0.6 is 11.3 Å². The van der Waals surface area contributed by atoms with Crippen molar-refractivity contribution in [3.05, 3.63) is 80.4 Å². The predicted octanol–water partition coefficient (Wildman–Crippen LogP) is 2.90. The first-order valence-corrected chi connectivity index (χ1v) is 9.38. The van der Waals surface area contributed by atoms with Crippen LogP contribution < -0.4 is 15.8 Å². The maximum Gasteiger partial charge on any atom is 0.268 e. The van der Waals surface area contributed by atoms with Crippen molar-refractivity contribution in [2.24, 2.45) is 7.05 Å². The summed E-state index contributed by atoms with van der Waals surface area (Å²) in [5.74, 6) is -0.450. The number of carbonyl (C=O) groups is 2. The van der Waals surface area contributed by atoms with E-state index in [2.05, 4.69) is 5.32 Å². The van der Waals surface area contributed by atoms with E-state index in [-0.39, 0.29) is 17.0 Å². The van der Waals surface area contributed by atoms with Gasteiger partial charge in [0.15, 0.2) is 0 Å². The Labute approximate surface area is 159 Å². The van der Waals surface area contributed by atoms with Crippen molar-refractivity contribution in [3.63, 3.8) is 0 Å². The summed E-state index contributed by atoms with van der Waals surface area (Å²) < 4.78 is 1.37. The van der Waals surface area contributed by atoms with Crippen LogP contribution in [0.1, 0.15) is 25.6 Å². The van der Waals surface area contributed by atoms with Crippen molar-refractivity contribution >= 4 is 34.5 Å². The van der Waals surface area contributed by atoms with Gasteiger partial charge in [0.05, 0.1) is 4.88 Å². The number of fused-ring (bicyclic) bond motifs is 1. The number of hydrogen-bond acceptors (Lipinski definition) is 4. The monoisotopic (exact) mass is 379 g/mol. The number of benzene rings is 1. The van der Waals surface area contributed by atoms with Crippen LogP contribution in [-0.4, -0.2) is 22.9 Å². The van der Waals surface area contributed by atoms with E-state index in [9.17, 15) is 14.4 Å². The number of amides is 2. The second kappa shape index (κ2) is 6.85. The lowest BCUT2D eigenvalue weighted by Gasteiger charge is -2.16. The SMILES string of the molecule is Cn1cccc(C(=O)Nc2ccc3c(c2)CCN3C(=O)c2cccs2)c1=O. The molecular formula is C20H17N3O3S. The molecule has 3 heterocycles. The van der Waals surface area contributed by atoms with Crippen molar-refractivity contribution in [3.8, 4) is 0 Å². The Morgan fingerprint density at radius 1 is 1.15 bits per heavy atom. The molecule has 27 heavy (non-hydrogen) atoms. The van der Waals surface area contributed by atoms with Crippen molar-refractivity contribution < 1.29 is 9.59 Å². The maximum absolute atomic E-state index is 12.6. The first kappa shape index (κ1) is 17.2. The van der Waals surface area contributed by atoms with E-state index in [1.165, 1.54) is 22.0 Å². The smallest absolute Gasteiger partial charge is 0.268 e. The molecule has 2 amide bonds. The Balaban J connectivity index is 1.56. The van der Waals surface area contributed by atoms with Crippen LogP contribution in [-0.2, 0) is 13.5 Å². The molecule has 6 nitrogen and oxygen atoms in total. The average molecular weight is 379 g/mol. The van der Waals surface area contributed by atoms with Gasteiger partial charge in [-0.2, -0.15) is 0 Å². The molecule has 0 saturated carbocycles. The second-order valence-electron chi connectivity index (χ2n) is 6.32. The van der Waals surface area contributed by atoms with Crippen LogP contribution in [0.4, 0.5) is 11.4 Å². The molecule has 0 fully saturated rings. The lowest BCUT2D eigenvalue weighted by molar-refractivity contribution is 0.0991. The summed E-state index contributed by atoms with van der Waals surface area (Å²) in [6.45, 7) is 0.614. The van der Waals surface area contributed by atoms with Gasteiger partial charge in [-0.3, -0.25) is 14.4 Å². The summed E-state index contributed by atoms with van der Waals surface area (Å²) in [5.41, 5.74) is 2.22. The van der Waals surface area contributed by atoms with Crippen molar-refractivity contribution in [1.29, 1.82) is 0 Å². The molecule has 0 saturated heterocycles. The van der Waals surface area contributed by atoms with E-state index >= 15 is 0 Å². The molecule has 3 aromatic rings. The Morgan fingerprint density at radius 3 is 2.78 bits per heavy atom. The Bertz CT molecular complexity index is 1090. The van der Waals surface area contributed by atoms with E-state index < -0.39 is 5.91 Å². The van der Waals surface area contributed by atoms with E-state index in [4.69, 9.17) is 0 Å². The third-order valence-electron chi connectivity index (χ3n) is 4.58. The number of thiophene rings is 1. The van der Waals surface area contributed by atoms with Crippen LogP contribution in [0.3, 0.4) is 0 Å². The highest BCUT2D eigenvalue weighted by molar-refractivity contribution is 7.12. The molecule has 1 aliphatic heterocycles. The zero-order chi connectivity index (χ0) is 19.0. The summed E-state index contributed by atoms with van der Waals surface area (Å²) in [5, 5.41) is 4.66. The van der Waals surface area contributed by atoms with Crippen LogP contribution in [0.5, 0.6) is 0 Å². The number of pyridine rings is 1. The Morgan fingerprint density at radius 2 is 2.00 bits per heavy atom. The normalized spacial score (nSPS) is 12.7. The molecule has 7 heteroatoms. The molecule has 0 aliphatic carbocycles. The lowest BCUT2D eigenvalue weighted by Crippen LogP contribution is -2.28. The van der Waals surface area contributed by atoms with Gasteiger partial charge < -0.3 is 14.8 Å². The van der Waals surface area contributed by atoms with E-state index in [1.54, 1.807) is 30.3 Å². The highest BCUT2D eigenvalue weighted by Crippen LogP contribution is 2.32. The van der Waals surface area contributed by atoms with E-state index in [0.717, 1.165) is 17.7 Å². The number of hydrogen-bond donors (Lipinski definition) is 1. The first-order valence-electron chi connectivity index (χ1n) is 8.50.